The Labute approximate surface area is 177 Å². The molecule has 0 atom stereocenters. The number of hydrogen-bond acceptors (Lipinski definition) is 6. The average molecular weight is 417 g/mol. The van der Waals surface area contributed by atoms with Gasteiger partial charge in [-0.05, 0) is 49.2 Å². The highest BCUT2D eigenvalue weighted by Gasteiger charge is 2.19. The van der Waals surface area contributed by atoms with Gasteiger partial charge in [0.15, 0.2) is 10.8 Å². The molecule has 7 nitrogen and oxygen atoms in total. The van der Waals surface area contributed by atoms with E-state index < -0.39 is 0 Å². The Morgan fingerprint density at radius 3 is 2.60 bits per heavy atom. The van der Waals surface area contributed by atoms with Crippen molar-refractivity contribution in [1.82, 2.24) is 29.6 Å². The summed E-state index contributed by atoms with van der Waals surface area (Å²) in [5, 5.41) is 18.9. The molecule has 0 saturated carbocycles. The van der Waals surface area contributed by atoms with Gasteiger partial charge >= 0.3 is 0 Å². The Morgan fingerprint density at radius 1 is 1.03 bits per heavy atom. The first kappa shape index (κ1) is 18.5. The molecule has 0 aliphatic carbocycles. The van der Waals surface area contributed by atoms with Crippen LogP contribution >= 0.6 is 11.3 Å². The van der Waals surface area contributed by atoms with Crippen molar-refractivity contribution >= 4 is 16.3 Å². The molecule has 0 radical (unpaired) electrons. The molecule has 0 amide bonds. The number of benzene rings is 2. The Bertz CT molecular complexity index is 1330. The molecule has 0 spiro atoms. The van der Waals surface area contributed by atoms with Gasteiger partial charge in [-0.2, -0.15) is 14.7 Å². The van der Waals surface area contributed by atoms with Gasteiger partial charge < -0.3 is 4.74 Å². The Balaban J connectivity index is 1.56. The van der Waals surface area contributed by atoms with Gasteiger partial charge in [-0.15, -0.1) is 10.2 Å². The average Bonchev–Trinajstić information content (AvgIpc) is 3.47. The van der Waals surface area contributed by atoms with Gasteiger partial charge in [0.1, 0.15) is 5.75 Å². The molecule has 30 heavy (non-hydrogen) atoms. The number of methoxy groups -OCH3 is 1. The van der Waals surface area contributed by atoms with Crippen molar-refractivity contribution in [3.05, 3.63) is 66.0 Å². The van der Waals surface area contributed by atoms with E-state index in [1.54, 1.807) is 11.6 Å². The van der Waals surface area contributed by atoms with Crippen LogP contribution in [0.15, 0.2) is 54.7 Å². The lowest BCUT2D eigenvalue weighted by molar-refractivity contribution is 0.415. The first-order valence-corrected chi connectivity index (χ1v) is 10.5. The zero-order valence-corrected chi connectivity index (χ0v) is 17.7. The van der Waals surface area contributed by atoms with Gasteiger partial charge in [-0.25, -0.2) is 4.68 Å². The molecular formula is C22H20N6OS. The van der Waals surface area contributed by atoms with Crippen LogP contribution in [-0.2, 0) is 6.42 Å². The number of para-hydroxylation sites is 1. The van der Waals surface area contributed by atoms with E-state index in [4.69, 9.17) is 9.84 Å². The number of rotatable bonds is 5. The fourth-order valence-electron chi connectivity index (χ4n) is 3.52. The molecule has 150 valence electrons. The van der Waals surface area contributed by atoms with Crippen LogP contribution in [0.2, 0.25) is 0 Å². The molecule has 5 rings (SSSR count). The lowest BCUT2D eigenvalue weighted by atomic mass is 10.1. The first-order valence-electron chi connectivity index (χ1n) is 9.69. The van der Waals surface area contributed by atoms with Gasteiger partial charge in [0.2, 0.25) is 4.96 Å². The summed E-state index contributed by atoms with van der Waals surface area (Å²) in [4.78, 5) is 0.747. The maximum absolute atomic E-state index is 5.24. The van der Waals surface area contributed by atoms with Gasteiger partial charge in [0.05, 0.1) is 30.3 Å². The van der Waals surface area contributed by atoms with Crippen molar-refractivity contribution < 1.29 is 4.74 Å². The lowest BCUT2D eigenvalue weighted by Crippen LogP contribution is -2.02. The van der Waals surface area contributed by atoms with E-state index in [9.17, 15) is 0 Å². The number of ether oxygens (including phenoxy) is 1. The second kappa shape index (κ2) is 7.38. The van der Waals surface area contributed by atoms with Crippen molar-refractivity contribution in [1.29, 1.82) is 0 Å². The molecule has 3 heterocycles. The standard InChI is InChI=1S/C22H20N6OS/c1-4-15-7-5-6-8-19(15)27-14(2)18(13-23-27)21-26-28-20(24-25-22(28)30-21)16-9-11-17(29-3)12-10-16/h5-13H,4H2,1-3H3. The minimum absolute atomic E-state index is 0.705. The largest absolute Gasteiger partial charge is 0.497 e. The molecule has 0 saturated heterocycles. The molecule has 5 aromatic rings. The van der Waals surface area contributed by atoms with Crippen LogP contribution in [0, 0.1) is 6.92 Å². The van der Waals surface area contributed by atoms with Crippen LogP contribution in [0.25, 0.3) is 32.6 Å². The highest BCUT2D eigenvalue weighted by Crippen LogP contribution is 2.31. The van der Waals surface area contributed by atoms with Crippen LogP contribution in [0.5, 0.6) is 5.75 Å². The minimum Gasteiger partial charge on any atom is -0.497 e. The molecular weight excluding hydrogens is 396 g/mol. The number of fused-ring (bicyclic) bond motifs is 1. The van der Waals surface area contributed by atoms with Crippen molar-refractivity contribution in [2.24, 2.45) is 0 Å². The molecule has 3 aromatic heterocycles. The second-order valence-corrected chi connectivity index (χ2v) is 7.85. The predicted octanol–water partition coefficient (Wildman–Crippen LogP) is 4.58. The van der Waals surface area contributed by atoms with Gasteiger partial charge in [0, 0.05) is 5.56 Å². The quantitative estimate of drug-likeness (QED) is 0.419. The molecule has 0 aliphatic heterocycles. The van der Waals surface area contributed by atoms with E-state index in [0.29, 0.717) is 5.82 Å². The van der Waals surface area contributed by atoms with Crippen molar-refractivity contribution in [2.75, 3.05) is 7.11 Å². The van der Waals surface area contributed by atoms with E-state index in [2.05, 4.69) is 47.3 Å². The summed E-state index contributed by atoms with van der Waals surface area (Å²) < 4.78 is 9.02. The predicted molar refractivity (Wildman–Crippen MR) is 117 cm³/mol. The fourth-order valence-corrected chi connectivity index (χ4v) is 4.43. The zero-order valence-electron chi connectivity index (χ0n) is 16.9. The maximum atomic E-state index is 5.24. The highest BCUT2D eigenvalue weighted by atomic mass is 32.1. The topological polar surface area (TPSA) is 70.1 Å². The second-order valence-electron chi connectivity index (χ2n) is 6.89. The molecule has 0 unspecified atom stereocenters. The third-order valence-corrected chi connectivity index (χ3v) is 6.11. The van der Waals surface area contributed by atoms with Crippen LogP contribution in [-0.4, -0.2) is 36.7 Å². The number of hydrogen-bond donors (Lipinski definition) is 0. The van der Waals surface area contributed by atoms with E-state index in [1.165, 1.54) is 16.9 Å². The van der Waals surface area contributed by atoms with Crippen LogP contribution in [0.1, 0.15) is 18.2 Å². The molecule has 2 aromatic carbocycles. The highest BCUT2D eigenvalue weighted by molar-refractivity contribution is 7.19. The smallest absolute Gasteiger partial charge is 0.235 e. The molecule has 0 bridgehead atoms. The lowest BCUT2D eigenvalue weighted by Gasteiger charge is -2.09. The third kappa shape index (κ3) is 2.96. The Hall–Kier alpha value is -3.52. The molecule has 0 N–H and O–H groups in total. The van der Waals surface area contributed by atoms with Gasteiger partial charge in [-0.3, -0.25) is 0 Å². The maximum Gasteiger partial charge on any atom is 0.235 e. The first-order chi connectivity index (χ1) is 14.7. The summed E-state index contributed by atoms with van der Waals surface area (Å²) in [5.74, 6) is 1.51. The van der Waals surface area contributed by atoms with Gasteiger partial charge in [-0.1, -0.05) is 36.5 Å². The van der Waals surface area contributed by atoms with Crippen molar-refractivity contribution in [3.8, 4) is 33.4 Å². The number of nitrogens with zero attached hydrogens (tertiary/aromatic N) is 6. The summed E-state index contributed by atoms with van der Waals surface area (Å²) in [6.07, 6.45) is 2.83. The SMILES string of the molecule is CCc1ccccc1-n1ncc(-c2nn3c(-c4ccc(OC)cc4)nnc3s2)c1C. The van der Waals surface area contributed by atoms with E-state index in [-0.39, 0.29) is 0 Å². The Kier molecular flexibility index (Phi) is 4.55. The van der Waals surface area contributed by atoms with Gasteiger partial charge in [0.25, 0.3) is 0 Å². The summed E-state index contributed by atoms with van der Waals surface area (Å²) in [5.41, 5.74) is 5.34. The van der Waals surface area contributed by atoms with E-state index in [0.717, 1.165) is 44.6 Å². The van der Waals surface area contributed by atoms with E-state index >= 15 is 0 Å². The number of aryl methyl sites for hydroxylation is 1. The monoisotopic (exact) mass is 416 g/mol. The summed E-state index contributed by atoms with van der Waals surface area (Å²) in [6.45, 7) is 4.23. The Morgan fingerprint density at radius 2 is 1.83 bits per heavy atom. The van der Waals surface area contributed by atoms with Crippen LogP contribution in [0.3, 0.4) is 0 Å². The summed E-state index contributed by atoms with van der Waals surface area (Å²) in [7, 11) is 1.65. The number of aromatic nitrogens is 6. The minimum atomic E-state index is 0.705. The van der Waals surface area contributed by atoms with Crippen LogP contribution in [0.4, 0.5) is 0 Å². The molecule has 0 fully saturated rings. The normalized spacial score (nSPS) is 11.3. The summed E-state index contributed by atoms with van der Waals surface area (Å²) >= 11 is 1.51. The summed E-state index contributed by atoms with van der Waals surface area (Å²) in [6, 6.07) is 16.1. The zero-order chi connectivity index (χ0) is 20.7. The van der Waals surface area contributed by atoms with Crippen LogP contribution < -0.4 is 4.74 Å². The third-order valence-electron chi connectivity index (χ3n) is 5.18. The van der Waals surface area contributed by atoms with Crippen molar-refractivity contribution in [2.45, 2.75) is 20.3 Å². The molecule has 8 heteroatoms. The fraction of sp³-hybridized carbons (Fsp3) is 0.182. The van der Waals surface area contributed by atoms with Crippen molar-refractivity contribution in [3.63, 3.8) is 0 Å². The van der Waals surface area contributed by atoms with E-state index in [1.807, 2.05) is 41.2 Å². The molecule has 0 aliphatic rings.